The van der Waals surface area contributed by atoms with E-state index in [2.05, 4.69) is 5.32 Å². The molecule has 1 aliphatic heterocycles. The third kappa shape index (κ3) is 4.98. The minimum absolute atomic E-state index is 0.128. The number of nitrogens with one attached hydrogen (secondary N) is 2. The van der Waals surface area contributed by atoms with Crippen molar-refractivity contribution in [3.63, 3.8) is 0 Å². The molecule has 0 saturated heterocycles. The molecule has 1 aromatic rings. The Balaban J connectivity index is 2.16. The first-order chi connectivity index (χ1) is 11.9. The van der Waals surface area contributed by atoms with Gasteiger partial charge >= 0.3 is 0 Å². The highest BCUT2D eigenvalue weighted by Gasteiger charge is 2.37. The maximum Gasteiger partial charge on any atom is 0.272 e. The Morgan fingerprint density at radius 2 is 1.96 bits per heavy atom. The number of carbonyl (C=O) groups excluding carboxylic acids is 2. The van der Waals surface area contributed by atoms with Gasteiger partial charge in [-0.05, 0) is 29.9 Å². The van der Waals surface area contributed by atoms with Crippen LogP contribution in [0.2, 0.25) is 0 Å². The summed E-state index contributed by atoms with van der Waals surface area (Å²) in [5.74, 6) is -1.89. The highest BCUT2D eigenvalue weighted by Crippen LogP contribution is 2.26. The Hall–Kier alpha value is -2.02. The van der Waals surface area contributed by atoms with Gasteiger partial charge in [0, 0.05) is 6.54 Å². The SMILES string of the molecule is CC(C)C[C@H](C(=O)C1CC(c2ccccc2)=CCN1)[C@@H](O)C(=O)NO. The Morgan fingerprint density at radius 3 is 2.56 bits per heavy atom. The van der Waals surface area contributed by atoms with Gasteiger partial charge in [-0.3, -0.25) is 14.8 Å². The molecule has 0 aliphatic carbocycles. The average Bonchev–Trinajstić information content (AvgIpc) is 2.65. The van der Waals surface area contributed by atoms with Crippen LogP contribution in [0.15, 0.2) is 36.4 Å². The highest BCUT2D eigenvalue weighted by molar-refractivity contribution is 5.94. The predicted molar refractivity (Wildman–Crippen MR) is 94.7 cm³/mol. The number of hydrogen-bond acceptors (Lipinski definition) is 5. The van der Waals surface area contributed by atoms with E-state index in [9.17, 15) is 14.7 Å². The molecule has 136 valence electrons. The van der Waals surface area contributed by atoms with Gasteiger partial charge in [-0.1, -0.05) is 50.3 Å². The number of rotatable bonds is 7. The van der Waals surface area contributed by atoms with Crippen molar-refractivity contribution in [3.05, 3.63) is 42.0 Å². The van der Waals surface area contributed by atoms with E-state index in [1.807, 2.05) is 50.3 Å². The summed E-state index contributed by atoms with van der Waals surface area (Å²) in [4.78, 5) is 24.6. The van der Waals surface area contributed by atoms with Crippen LogP contribution in [0.4, 0.5) is 0 Å². The van der Waals surface area contributed by atoms with E-state index >= 15 is 0 Å². The third-order valence-electron chi connectivity index (χ3n) is 4.48. The number of aliphatic hydroxyl groups is 1. The minimum atomic E-state index is -1.56. The maximum atomic E-state index is 13.0. The third-order valence-corrected chi connectivity index (χ3v) is 4.48. The van der Waals surface area contributed by atoms with E-state index in [0.29, 0.717) is 19.4 Å². The van der Waals surface area contributed by atoms with Gasteiger partial charge in [-0.15, -0.1) is 0 Å². The number of benzene rings is 1. The summed E-state index contributed by atoms with van der Waals surface area (Å²) in [6.07, 6.45) is 1.36. The summed E-state index contributed by atoms with van der Waals surface area (Å²) < 4.78 is 0. The molecule has 3 atom stereocenters. The molecule has 6 heteroatoms. The number of aliphatic hydroxyl groups excluding tert-OH is 1. The number of hydrogen-bond donors (Lipinski definition) is 4. The number of Topliss-reactive ketones (excluding diaryl/α,β-unsaturated/α-hetero) is 1. The van der Waals surface area contributed by atoms with Crippen molar-refractivity contribution < 1.29 is 19.9 Å². The second-order valence-corrected chi connectivity index (χ2v) is 6.82. The Morgan fingerprint density at radius 1 is 1.28 bits per heavy atom. The molecule has 0 spiro atoms. The molecule has 4 N–H and O–H groups in total. The summed E-state index contributed by atoms with van der Waals surface area (Å²) in [6.45, 7) is 4.40. The first-order valence-electron chi connectivity index (χ1n) is 8.57. The molecule has 0 radical (unpaired) electrons. The van der Waals surface area contributed by atoms with Crippen LogP contribution in [0, 0.1) is 11.8 Å². The molecule has 0 aromatic heterocycles. The number of carbonyl (C=O) groups is 2. The lowest BCUT2D eigenvalue weighted by atomic mass is 9.82. The lowest BCUT2D eigenvalue weighted by Gasteiger charge is -2.29. The van der Waals surface area contributed by atoms with E-state index in [0.717, 1.165) is 11.1 Å². The number of ketones is 1. The minimum Gasteiger partial charge on any atom is -0.382 e. The van der Waals surface area contributed by atoms with Crippen molar-refractivity contribution in [2.24, 2.45) is 11.8 Å². The fourth-order valence-electron chi connectivity index (χ4n) is 3.20. The van der Waals surface area contributed by atoms with Crippen LogP contribution in [0.5, 0.6) is 0 Å². The zero-order chi connectivity index (χ0) is 18.4. The molecule has 2 rings (SSSR count). The Labute approximate surface area is 147 Å². The van der Waals surface area contributed by atoms with Crippen LogP contribution in [-0.4, -0.2) is 40.7 Å². The van der Waals surface area contributed by atoms with Gasteiger partial charge < -0.3 is 10.4 Å². The zero-order valence-corrected chi connectivity index (χ0v) is 14.6. The summed E-state index contributed by atoms with van der Waals surface area (Å²) in [6, 6.07) is 9.37. The lowest BCUT2D eigenvalue weighted by Crippen LogP contribution is -2.49. The molecule has 1 unspecified atom stereocenters. The van der Waals surface area contributed by atoms with Crippen LogP contribution < -0.4 is 10.8 Å². The van der Waals surface area contributed by atoms with E-state index in [1.165, 1.54) is 5.48 Å². The van der Waals surface area contributed by atoms with Gasteiger partial charge in [0.2, 0.25) is 0 Å². The molecule has 6 nitrogen and oxygen atoms in total. The largest absolute Gasteiger partial charge is 0.382 e. The molecular weight excluding hydrogens is 320 g/mol. The second kappa shape index (κ2) is 8.89. The molecule has 0 saturated carbocycles. The quantitative estimate of drug-likeness (QED) is 0.443. The molecule has 1 aromatic carbocycles. The van der Waals surface area contributed by atoms with Crippen molar-refractivity contribution in [1.29, 1.82) is 0 Å². The van der Waals surface area contributed by atoms with E-state index < -0.39 is 24.0 Å². The van der Waals surface area contributed by atoms with Gasteiger partial charge in [0.15, 0.2) is 5.78 Å². The number of amides is 1. The summed E-state index contributed by atoms with van der Waals surface area (Å²) in [5.41, 5.74) is 3.57. The average molecular weight is 346 g/mol. The van der Waals surface area contributed by atoms with E-state index in [-0.39, 0.29) is 11.7 Å². The Kier molecular flexibility index (Phi) is 6.87. The lowest BCUT2D eigenvalue weighted by molar-refractivity contribution is -0.146. The van der Waals surface area contributed by atoms with Crippen molar-refractivity contribution in [2.45, 2.75) is 38.8 Å². The molecule has 1 heterocycles. The van der Waals surface area contributed by atoms with Crippen molar-refractivity contribution in [3.8, 4) is 0 Å². The molecular formula is C19H26N2O4. The van der Waals surface area contributed by atoms with Crippen LogP contribution in [0.1, 0.15) is 32.3 Å². The first kappa shape index (κ1) is 19.3. The standard InChI is InChI=1S/C19H26N2O4/c1-12(2)10-15(18(23)19(24)21-25)17(22)16-11-14(8-9-20-16)13-6-4-3-5-7-13/h3-8,12,15-16,18,20,23,25H,9-11H2,1-2H3,(H,21,24)/t15-,16?,18-/m1/s1. The van der Waals surface area contributed by atoms with Crippen LogP contribution >= 0.6 is 0 Å². The van der Waals surface area contributed by atoms with Gasteiger partial charge in [-0.25, -0.2) is 5.48 Å². The molecule has 1 aliphatic rings. The monoisotopic (exact) mass is 346 g/mol. The topological polar surface area (TPSA) is 98.7 Å². The number of hydroxylamine groups is 1. The van der Waals surface area contributed by atoms with E-state index in [1.54, 1.807) is 0 Å². The van der Waals surface area contributed by atoms with Gasteiger partial charge in [-0.2, -0.15) is 0 Å². The molecule has 25 heavy (non-hydrogen) atoms. The molecule has 0 bridgehead atoms. The summed E-state index contributed by atoms with van der Waals surface area (Å²) in [5, 5.41) is 22.1. The van der Waals surface area contributed by atoms with Crippen LogP contribution in [0.25, 0.3) is 5.57 Å². The van der Waals surface area contributed by atoms with Gasteiger partial charge in [0.1, 0.15) is 6.10 Å². The highest BCUT2D eigenvalue weighted by atomic mass is 16.5. The smallest absolute Gasteiger partial charge is 0.272 e. The Bertz CT molecular complexity index is 628. The van der Waals surface area contributed by atoms with Crippen LogP contribution in [-0.2, 0) is 9.59 Å². The first-order valence-corrected chi connectivity index (χ1v) is 8.57. The van der Waals surface area contributed by atoms with Gasteiger partial charge in [0.25, 0.3) is 5.91 Å². The van der Waals surface area contributed by atoms with Crippen molar-refractivity contribution in [1.82, 2.24) is 10.8 Å². The fourth-order valence-corrected chi connectivity index (χ4v) is 3.20. The summed E-state index contributed by atoms with van der Waals surface area (Å²) in [7, 11) is 0. The normalized spacial score (nSPS) is 19.9. The van der Waals surface area contributed by atoms with Crippen LogP contribution in [0.3, 0.4) is 0 Å². The van der Waals surface area contributed by atoms with Crippen molar-refractivity contribution >= 4 is 17.3 Å². The summed E-state index contributed by atoms with van der Waals surface area (Å²) >= 11 is 0. The van der Waals surface area contributed by atoms with Gasteiger partial charge in [0.05, 0.1) is 12.0 Å². The molecule has 0 fully saturated rings. The van der Waals surface area contributed by atoms with E-state index in [4.69, 9.17) is 5.21 Å². The van der Waals surface area contributed by atoms with Crippen molar-refractivity contribution in [2.75, 3.05) is 6.54 Å². The second-order valence-electron chi connectivity index (χ2n) is 6.82. The zero-order valence-electron chi connectivity index (χ0n) is 14.6. The predicted octanol–water partition coefficient (Wildman–Crippen LogP) is 1.53. The fraction of sp³-hybridized carbons (Fsp3) is 0.474. The maximum absolute atomic E-state index is 13.0. The molecule has 1 amide bonds.